The largest absolute Gasteiger partial charge is 0.493 e. The van der Waals surface area contributed by atoms with Gasteiger partial charge in [-0.2, -0.15) is 0 Å². The molecule has 0 radical (unpaired) electrons. The van der Waals surface area contributed by atoms with Crippen molar-refractivity contribution in [1.29, 1.82) is 0 Å². The van der Waals surface area contributed by atoms with Crippen molar-refractivity contribution < 1.29 is 23.0 Å². The molecule has 1 aromatic heterocycles. The Kier molecular flexibility index (Phi) is 7.52. The quantitative estimate of drug-likeness (QED) is 0.403. The number of ether oxygens (including phenoxy) is 2. The topological polar surface area (TPSA) is 76.6 Å². The molecule has 0 saturated carbocycles. The van der Waals surface area contributed by atoms with E-state index in [0.29, 0.717) is 40.8 Å². The first-order chi connectivity index (χ1) is 17.5. The van der Waals surface area contributed by atoms with Crippen molar-refractivity contribution in [2.24, 2.45) is 0 Å². The number of hydrogen-bond donors (Lipinski definition) is 1. The van der Waals surface area contributed by atoms with E-state index in [1.807, 2.05) is 24.0 Å². The molecule has 1 amide bonds. The highest BCUT2D eigenvalue weighted by molar-refractivity contribution is 5.92. The van der Waals surface area contributed by atoms with Gasteiger partial charge in [-0.15, -0.1) is 0 Å². The third-order valence-electron chi connectivity index (χ3n) is 6.97. The standard InChI is InChI=1S/C28H34F2N4O3/c1-16-21(10-7-11-23(16)28(5,29)30)17(2)31-27-22-13-26(25(36-6)14-24(22)32-18(3)33-27)37-15-20-9-8-12-34(20)19(4)35/h7,10-11,13-14,17,20H,8-9,12,15H2,1-6H3,(H,31,32,33)/t17-,20+/m1/s1. The molecule has 9 heteroatoms. The Morgan fingerprint density at radius 3 is 2.68 bits per heavy atom. The van der Waals surface area contributed by atoms with Gasteiger partial charge >= 0.3 is 0 Å². The molecule has 2 atom stereocenters. The van der Waals surface area contributed by atoms with Crippen LogP contribution in [0.4, 0.5) is 14.6 Å². The van der Waals surface area contributed by atoms with Crippen molar-refractivity contribution in [2.75, 3.05) is 25.6 Å². The highest BCUT2D eigenvalue weighted by atomic mass is 19.3. The Bertz CT molecular complexity index is 1310. The summed E-state index contributed by atoms with van der Waals surface area (Å²) in [5.41, 5.74) is 1.99. The molecule has 1 N–H and O–H groups in total. The molecule has 1 fully saturated rings. The lowest BCUT2D eigenvalue weighted by Gasteiger charge is -2.24. The number of rotatable bonds is 8. The van der Waals surface area contributed by atoms with E-state index in [1.54, 1.807) is 40.0 Å². The lowest BCUT2D eigenvalue weighted by molar-refractivity contribution is -0.130. The van der Waals surface area contributed by atoms with E-state index in [1.165, 1.54) is 6.07 Å². The fourth-order valence-corrected chi connectivity index (χ4v) is 5.13. The van der Waals surface area contributed by atoms with Crippen molar-refractivity contribution in [2.45, 2.75) is 65.5 Å². The zero-order valence-electron chi connectivity index (χ0n) is 22.2. The Morgan fingerprint density at radius 1 is 1.24 bits per heavy atom. The van der Waals surface area contributed by atoms with Crippen LogP contribution in [-0.2, 0) is 10.7 Å². The van der Waals surface area contributed by atoms with Gasteiger partial charge in [0.1, 0.15) is 18.2 Å². The first-order valence-electron chi connectivity index (χ1n) is 12.5. The first kappa shape index (κ1) is 26.6. The Morgan fingerprint density at radius 2 is 2.00 bits per heavy atom. The van der Waals surface area contributed by atoms with Crippen LogP contribution in [-0.4, -0.2) is 47.1 Å². The molecule has 1 aliphatic rings. The Balaban J connectivity index is 1.67. The van der Waals surface area contributed by atoms with Crippen LogP contribution in [0.1, 0.15) is 62.2 Å². The van der Waals surface area contributed by atoms with E-state index in [0.717, 1.165) is 37.3 Å². The number of likely N-dealkylation sites (tertiary alicyclic amines) is 1. The molecule has 7 nitrogen and oxygen atoms in total. The molecule has 1 aliphatic heterocycles. The van der Waals surface area contributed by atoms with Gasteiger partial charge in [0.2, 0.25) is 5.91 Å². The number of aryl methyl sites for hydroxylation is 1. The number of alkyl halides is 2. The SMILES string of the molecule is COc1cc2nc(C)nc(N[C@H](C)c3cccc(C(C)(F)F)c3C)c2cc1OC[C@@H]1CCCN1C(C)=O. The zero-order valence-corrected chi connectivity index (χ0v) is 22.2. The maximum atomic E-state index is 14.1. The highest BCUT2D eigenvalue weighted by Crippen LogP contribution is 2.37. The number of carbonyl (C=O) groups is 1. The number of methoxy groups -OCH3 is 1. The van der Waals surface area contributed by atoms with Crippen LogP contribution in [0, 0.1) is 13.8 Å². The van der Waals surface area contributed by atoms with E-state index in [4.69, 9.17) is 9.47 Å². The number of benzene rings is 2. The highest BCUT2D eigenvalue weighted by Gasteiger charge is 2.29. The molecule has 4 rings (SSSR count). The monoisotopic (exact) mass is 512 g/mol. The molecule has 0 unspecified atom stereocenters. The van der Waals surface area contributed by atoms with Crippen LogP contribution in [0.5, 0.6) is 11.5 Å². The summed E-state index contributed by atoms with van der Waals surface area (Å²) in [7, 11) is 1.57. The van der Waals surface area contributed by atoms with E-state index >= 15 is 0 Å². The second kappa shape index (κ2) is 10.5. The van der Waals surface area contributed by atoms with Gasteiger partial charge in [0.25, 0.3) is 5.92 Å². The minimum Gasteiger partial charge on any atom is -0.493 e. The molecule has 37 heavy (non-hydrogen) atoms. The van der Waals surface area contributed by atoms with E-state index in [-0.39, 0.29) is 23.6 Å². The summed E-state index contributed by atoms with van der Waals surface area (Å²) in [5, 5.41) is 4.12. The van der Waals surface area contributed by atoms with Crippen LogP contribution in [0.25, 0.3) is 10.9 Å². The van der Waals surface area contributed by atoms with Gasteiger partial charge in [-0.05, 0) is 50.8 Å². The minimum absolute atomic E-state index is 0.00863. The maximum absolute atomic E-state index is 14.1. The number of nitrogens with one attached hydrogen (secondary N) is 1. The Hall–Kier alpha value is -3.49. The molecule has 0 spiro atoms. The third kappa shape index (κ3) is 5.60. The second-order valence-corrected chi connectivity index (χ2v) is 9.73. The fraction of sp³-hybridized carbons (Fsp3) is 0.464. The summed E-state index contributed by atoms with van der Waals surface area (Å²) in [6.45, 7) is 9.01. The average molecular weight is 513 g/mol. The van der Waals surface area contributed by atoms with Gasteiger partial charge in [0, 0.05) is 37.4 Å². The van der Waals surface area contributed by atoms with Crippen LogP contribution >= 0.6 is 0 Å². The van der Waals surface area contributed by atoms with Crippen molar-refractivity contribution in [3.05, 3.63) is 52.8 Å². The number of amides is 1. The molecule has 0 aliphatic carbocycles. The number of anilines is 1. The van der Waals surface area contributed by atoms with Crippen molar-refractivity contribution in [3.8, 4) is 11.5 Å². The van der Waals surface area contributed by atoms with Crippen molar-refractivity contribution in [1.82, 2.24) is 14.9 Å². The van der Waals surface area contributed by atoms with Crippen molar-refractivity contribution >= 4 is 22.6 Å². The summed E-state index contributed by atoms with van der Waals surface area (Å²) in [6, 6.07) is 8.31. The third-order valence-corrected chi connectivity index (χ3v) is 6.97. The zero-order chi connectivity index (χ0) is 26.9. The van der Waals surface area contributed by atoms with Crippen LogP contribution in [0.2, 0.25) is 0 Å². The molecule has 2 aromatic carbocycles. The Labute approximate surface area is 216 Å². The summed E-state index contributed by atoms with van der Waals surface area (Å²) < 4.78 is 40.0. The number of aromatic nitrogens is 2. The summed E-state index contributed by atoms with van der Waals surface area (Å²) in [5.74, 6) is -0.699. The predicted octanol–water partition coefficient (Wildman–Crippen LogP) is 5.93. The van der Waals surface area contributed by atoms with E-state index in [9.17, 15) is 13.6 Å². The molecular weight excluding hydrogens is 478 g/mol. The van der Waals surface area contributed by atoms with E-state index in [2.05, 4.69) is 15.3 Å². The lowest BCUT2D eigenvalue weighted by Crippen LogP contribution is -2.37. The summed E-state index contributed by atoms with van der Waals surface area (Å²) >= 11 is 0. The number of halogens is 2. The normalized spacial score (nSPS) is 16.6. The van der Waals surface area contributed by atoms with Crippen molar-refractivity contribution in [3.63, 3.8) is 0 Å². The number of nitrogens with zero attached hydrogens (tertiary/aromatic N) is 3. The predicted molar refractivity (Wildman–Crippen MR) is 140 cm³/mol. The lowest BCUT2D eigenvalue weighted by atomic mass is 9.94. The molecule has 3 aromatic rings. The second-order valence-electron chi connectivity index (χ2n) is 9.73. The van der Waals surface area contributed by atoms with Gasteiger partial charge in [0.05, 0.1) is 24.7 Å². The first-order valence-corrected chi connectivity index (χ1v) is 12.5. The number of hydrogen-bond acceptors (Lipinski definition) is 6. The van der Waals surface area contributed by atoms with Gasteiger partial charge in [0.15, 0.2) is 11.5 Å². The summed E-state index contributed by atoms with van der Waals surface area (Å²) in [6.07, 6.45) is 1.84. The summed E-state index contributed by atoms with van der Waals surface area (Å²) in [4.78, 5) is 23.0. The molecular formula is C28H34F2N4O3. The fourth-order valence-electron chi connectivity index (χ4n) is 5.13. The smallest absolute Gasteiger partial charge is 0.270 e. The average Bonchev–Trinajstić information content (AvgIpc) is 3.30. The minimum atomic E-state index is -2.93. The molecule has 198 valence electrons. The van der Waals surface area contributed by atoms with Gasteiger partial charge < -0.3 is 19.7 Å². The molecule has 2 heterocycles. The van der Waals surface area contributed by atoms with Crippen LogP contribution in [0.15, 0.2) is 30.3 Å². The van der Waals surface area contributed by atoms with Gasteiger partial charge in [-0.25, -0.2) is 18.7 Å². The van der Waals surface area contributed by atoms with Crippen LogP contribution in [0.3, 0.4) is 0 Å². The molecule has 1 saturated heterocycles. The number of fused-ring (bicyclic) bond motifs is 1. The van der Waals surface area contributed by atoms with E-state index < -0.39 is 5.92 Å². The van der Waals surface area contributed by atoms with Gasteiger partial charge in [-0.1, -0.05) is 18.2 Å². The maximum Gasteiger partial charge on any atom is 0.270 e. The molecule has 0 bridgehead atoms. The van der Waals surface area contributed by atoms with Crippen LogP contribution < -0.4 is 14.8 Å². The number of carbonyl (C=O) groups excluding carboxylic acids is 1. The van der Waals surface area contributed by atoms with Gasteiger partial charge in [-0.3, -0.25) is 4.79 Å².